The Kier molecular flexibility index (Phi) is 5.35. The molecule has 0 atom stereocenters. The average Bonchev–Trinajstić information content (AvgIpc) is 2.33. The van der Waals surface area contributed by atoms with Crippen molar-refractivity contribution in [3.8, 4) is 0 Å². The summed E-state index contributed by atoms with van der Waals surface area (Å²) in [5.41, 5.74) is -0.958. The molecule has 1 aromatic rings. The van der Waals surface area contributed by atoms with E-state index in [0.29, 0.717) is 6.07 Å². The van der Waals surface area contributed by atoms with Crippen molar-refractivity contribution in [1.82, 2.24) is 4.72 Å². The van der Waals surface area contributed by atoms with Crippen LogP contribution < -0.4 is 4.72 Å². The maximum Gasteiger partial charge on any atom is 0.416 e. The van der Waals surface area contributed by atoms with Gasteiger partial charge in [-0.3, -0.25) is 4.79 Å². The number of carbonyl (C=O) groups is 1. The lowest BCUT2D eigenvalue weighted by Gasteiger charge is -2.12. The summed E-state index contributed by atoms with van der Waals surface area (Å²) < 4.78 is 63.5. The number of halogens is 3. The fourth-order valence-electron chi connectivity index (χ4n) is 1.65. The molecule has 21 heavy (non-hydrogen) atoms. The monoisotopic (exact) mass is 325 g/mol. The smallest absolute Gasteiger partial charge is 0.416 e. The maximum absolute atomic E-state index is 12.5. The van der Waals surface area contributed by atoms with E-state index in [9.17, 15) is 26.4 Å². The van der Waals surface area contributed by atoms with Crippen molar-refractivity contribution in [2.24, 2.45) is 0 Å². The lowest BCUT2D eigenvalue weighted by Crippen LogP contribution is -2.26. The predicted molar refractivity (Wildman–Crippen MR) is 68.2 cm³/mol. The quantitative estimate of drug-likeness (QED) is 0.785. The third kappa shape index (κ3) is 5.01. The number of benzene rings is 1. The Labute approximate surface area is 119 Å². The largest absolute Gasteiger partial charge is 0.481 e. The summed E-state index contributed by atoms with van der Waals surface area (Å²) in [6.07, 6.45) is -4.65. The lowest BCUT2D eigenvalue weighted by atomic mass is 10.1. The first-order valence-electron chi connectivity index (χ1n) is 5.93. The van der Waals surface area contributed by atoms with Crippen LogP contribution in [-0.4, -0.2) is 26.0 Å². The number of sulfonamides is 1. The van der Waals surface area contributed by atoms with Gasteiger partial charge in [0.15, 0.2) is 0 Å². The first-order chi connectivity index (χ1) is 9.54. The summed E-state index contributed by atoms with van der Waals surface area (Å²) in [5.74, 6) is -1.06. The van der Waals surface area contributed by atoms with Gasteiger partial charge in [-0.1, -0.05) is 0 Å². The van der Waals surface area contributed by atoms with Crippen molar-refractivity contribution >= 4 is 16.0 Å². The van der Waals surface area contributed by atoms with Crippen LogP contribution in [0.5, 0.6) is 0 Å². The molecule has 0 heterocycles. The van der Waals surface area contributed by atoms with Crippen LogP contribution in [0.4, 0.5) is 13.2 Å². The molecule has 5 nitrogen and oxygen atoms in total. The van der Waals surface area contributed by atoms with Crippen LogP contribution in [0, 0.1) is 6.92 Å². The van der Waals surface area contributed by atoms with Gasteiger partial charge in [0.2, 0.25) is 10.0 Å². The molecular formula is C12H14F3NO4S. The van der Waals surface area contributed by atoms with Crippen LogP contribution in [0.3, 0.4) is 0 Å². The van der Waals surface area contributed by atoms with Gasteiger partial charge in [0.1, 0.15) is 0 Å². The Hall–Kier alpha value is -1.61. The first kappa shape index (κ1) is 17.4. The molecule has 2 N–H and O–H groups in total. The highest BCUT2D eigenvalue weighted by molar-refractivity contribution is 7.89. The Balaban J connectivity index is 2.87. The van der Waals surface area contributed by atoms with Crippen LogP contribution in [0.25, 0.3) is 0 Å². The molecule has 0 bridgehead atoms. The van der Waals surface area contributed by atoms with Crippen LogP contribution in [0.2, 0.25) is 0 Å². The van der Waals surface area contributed by atoms with Gasteiger partial charge in [0, 0.05) is 13.0 Å². The highest BCUT2D eigenvalue weighted by Gasteiger charge is 2.31. The minimum atomic E-state index is -4.54. The van der Waals surface area contributed by atoms with E-state index in [1.54, 1.807) is 0 Å². The van der Waals surface area contributed by atoms with E-state index in [4.69, 9.17) is 5.11 Å². The van der Waals surface area contributed by atoms with E-state index in [1.165, 1.54) is 6.92 Å². The standard InChI is InChI=1S/C12H14F3NO4S/c1-8-7-9(12(13,14)15)4-5-10(8)21(19,20)16-6-2-3-11(17)18/h4-5,7,16H,2-3,6H2,1H3,(H,17,18). The van der Waals surface area contributed by atoms with Gasteiger partial charge in [-0.15, -0.1) is 0 Å². The zero-order valence-electron chi connectivity index (χ0n) is 11.1. The van der Waals surface area contributed by atoms with E-state index >= 15 is 0 Å². The van der Waals surface area contributed by atoms with E-state index in [0.717, 1.165) is 12.1 Å². The number of nitrogens with one attached hydrogen (secondary N) is 1. The zero-order valence-corrected chi connectivity index (χ0v) is 11.9. The van der Waals surface area contributed by atoms with Crippen molar-refractivity contribution in [2.45, 2.75) is 30.8 Å². The lowest BCUT2D eigenvalue weighted by molar-refractivity contribution is -0.138. The van der Waals surface area contributed by atoms with E-state index in [1.807, 2.05) is 0 Å². The van der Waals surface area contributed by atoms with Gasteiger partial charge < -0.3 is 5.11 Å². The highest BCUT2D eigenvalue weighted by atomic mass is 32.2. The van der Waals surface area contributed by atoms with Crippen LogP contribution in [0.15, 0.2) is 23.1 Å². The summed E-state index contributed by atoms with van der Waals surface area (Å²) in [4.78, 5) is 10.0. The Morgan fingerprint density at radius 2 is 1.95 bits per heavy atom. The maximum atomic E-state index is 12.5. The number of carboxylic acids is 1. The van der Waals surface area contributed by atoms with Crippen molar-refractivity contribution < 1.29 is 31.5 Å². The molecule has 1 rings (SSSR count). The van der Waals surface area contributed by atoms with E-state index in [-0.39, 0.29) is 29.8 Å². The molecular weight excluding hydrogens is 311 g/mol. The summed E-state index contributed by atoms with van der Waals surface area (Å²) in [6, 6.07) is 2.34. The molecule has 1 aromatic carbocycles. The average molecular weight is 325 g/mol. The van der Waals surface area contributed by atoms with Gasteiger partial charge in [-0.25, -0.2) is 13.1 Å². The van der Waals surface area contributed by atoms with Gasteiger partial charge in [-0.2, -0.15) is 13.2 Å². The number of hydrogen-bond donors (Lipinski definition) is 2. The van der Waals surface area contributed by atoms with Gasteiger partial charge in [-0.05, 0) is 37.1 Å². The molecule has 0 radical (unpaired) electrons. The number of alkyl halides is 3. The third-order valence-corrected chi connectivity index (χ3v) is 4.27. The Bertz CT molecular complexity index is 626. The second-order valence-electron chi connectivity index (χ2n) is 4.37. The molecule has 0 spiro atoms. The van der Waals surface area contributed by atoms with E-state index in [2.05, 4.69) is 4.72 Å². The topological polar surface area (TPSA) is 83.5 Å². The number of aliphatic carboxylic acids is 1. The Morgan fingerprint density at radius 3 is 2.43 bits per heavy atom. The van der Waals surface area contributed by atoms with Crippen LogP contribution in [-0.2, 0) is 21.0 Å². The SMILES string of the molecule is Cc1cc(C(F)(F)F)ccc1S(=O)(=O)NCCCC(=O)O. The Morgan fingerprint density at radius 1 is 1.33 bits per heavy atom. The minimum Gasteiger partial charge on any atom is -0.481 e. The minimum absolute atomic E-state index is 0.0319. The molecule has 0 aromatic heterocycles. The molecule has 0 amide bonds. The summed E-state index contributed by atoms with van der Waals surface area (Å²) in [7, 11) is -3.96. The van der Waals surface area contributed by atoms with Crippen LogP contribution >= 0.6 is 0 Å². The molecule has 118 valence electrons. The van der Waals surface area contributed by atoms with Crippen molar-refractivity contribution in [1.29, 1.82) is 0 Å². The van der Waals surface area contributed by atoms with Crippen LogP contribution in [0.1, 0.15) is 24.0 Å². The van der Waals surface area contributed by atoms with E-state index < -0.39 is 27.7 Å². The number of rotatable bonds is 6. The predicted octanol–water partition coefficient (Wildman–Crippen LogP) is 2.16. The highest BCUT2D eigenvalue weighted by Crippen LogP contribution is 2.31. The van der Waals surface area contributed by atoms with Gasteiger partial charge >= 0.3 is 12.1 Å². The fraction of sp³-hybridized carbons (Fsp3) is 0.417. The number of aryl methyl sites for hydroxylation is 1. The molecule has 0 saturated heterocycles. The second-order valence-corrected chi connectivity index (χ2v) is 6.11. The van der Waals surface area contributed by atoms with Crippen molar-refractivity contribution in [2.75, 3.05) is 6.54 Å². The molecule has 0 aliphatic rings. The second kappa shape index (κ2) is 6.44. The number of hydrogen-bond acceptors (Lipinski definition) is 3. The molecule has 0 aliphatic carbocycles. The summed E-state index contributed by atoms with van der Waals surface area (Å²) >= 11 is 0. The molecule has 0 aliphatic heterocycles. The van der Waals surface area contributed by atoms with Crippen molar-refractivity contribution in [3.05, 3.63) is 29.3 Å². The normalized spacial score (nSPS) is 12.4. The first-order valence-corrected chi connectivity index (χ1v) is 7.41. The van der Waals surface area contributed by atoms with Gasteiger partial charge in [0.25, 0.3) is 0 Å². The molecule has 0 fully saturated rings. The van der Waals surface area contributed by atoms with Crippen molar-refractivity contribution in [3.63, 3.8) is 0 Å². The number of carboxylic acid groups (broad SMARTS) is 1. The molecule has 0 saturated carbocycles. The fourth-order valence-corrected chi connectivity index (χ4v) is 2.95. The zero-order chi connectivity index (χ0) is 16.3. The molecule has 9 heteroatoms. The summed E-state index contributed by atoms with van der Waals surface area (Å²) in [6.45, 7) is 1.16. The summed E-state index contributed by atoms with van der Waals surface area (Å²) in [5, 5.41) is 8.43. The third-order valence-electron chi connectivity index (χ3n) is 2.65. The molecule has 0 unspecified atom stereocenters. The van der Waals surface area contributed by atoms with Gasteiger partial charge in [0.05, 0.1) is 10.5 Å².